The Labute approximate surface area is 144 Å². The molecule has 23 heavy (non-hydrogen) atoms. The fraction of sp³-hybridized carbons (Fsp3) is 0.667. The minimum absolute atomic E-state index is 0.0906. The highest BCUT2D eigenvalue weighted by molar-refractivity contribution is 9.10. The number of rotatable bonds is 3. The average Bonchev–Trinajstić information content (AvgIpc) is 2.89. The second kappa shape index (κ2) is 6.90. The Balaban J connectivity index is 1.98. The number of aryl methyl sites for hydroxylation is 1. The number of hydrogen-bond donors (Lipinski definition) is 1. The molecule has 2 heterocycles. The normalized spacial score (nSPS) is 18.0. The first-order chi connectivity index (χ1) is 10.7. The van der Waals surface area contributed by atoms with E-state index in [1.807, 2.05) is 27.7 Å². The van der Waals surface area contributed by atoms with Crippen LogP contribution < -0.4 is 10.1 Å². The lowest BCUT2D eigenvalue weighted by Gasteiger charge is -2.24. The van der Waals surface area contributed by atoms with Crippen molar-refractivity contribution in [3.63, 3.8) is 0 Å². The SMILES string of the molecule is COc1nc(NC2CCN(C(=O)OC(C)(C)C)C2)nc(C)c1Br. The second-order valence-electron chi connectivity index (χ2n) is 6.51. The van der Waals surface area contributed by atoms with Crippen molar-refractivity contribution in [3.8, 4) is 5.88 Å². The fourth-order valence-corrected chi connectivity index (χ4v) is 2.62. The van der Waals surface area contributed by atoms with E-state index in [9.17, 15) is 4.79 Å². The van der Waals surface area contributed by atoms with E-state index in [1.165, 1.54) is 0 Å². The molecule has 1 fully saturated rings. The summed E-state index contributed by atoms with van der Waals surface area (Å²) in [6, 6.07) is 0.0906. The monoisotopic (exact) mass is 386 g/mol. The fourth-order valence-electron chi connectivity index (χ4n) is 2.29. The van der Waals surface area contributed by atoms with Crippen molar-refractivity contribution < 1.29 is 14.3 Å². The third kappa shape index (κ3) is 4.70. The molecule has 1 aromatic heterocycles. The molecule has 0 radical (unpaired) electrons. The van der Waals surface area contributed by atoms with E-state index in [0.29, 0.717) is 24.9 Å². The summed E-state index contributed by atoms with van der Waals surface area (Å²) in [5, 5.41) is 3.26. The van der Waals surface area contributed by atoms with Gasteiger partial charge in [-0.3, -0.25) is 0 Å². The molecule has 128 valence electrons. The Hall–Kier alpha value is -1.57. The molecule has 0 aliphatic carbocycles. The van der Waals surface area contributed by atoms with Gasteiger partial charge in [-0.15, -0.1) is 0 Å². The highest BCUT2D eigenvalue weighted by atomic mass is 79.9. The molecule has 1 amide bonds. The van der Waals surface area contributed by atoms with Crippen LogP contribution in [-0.2, 0) is 4.74 Å². The largest absolute Gasteiger partial charge is 0.480 e. The molecule has 0 saturated carbocycles. The van der Waals surface area contributed by atoms with Crippen LogP contribution in [0.5, 0.6) is 5.88 Å². The lowest BCUT2D eigenvalue weighted by Crippen LogP contribution is -2.36. The number of ether oxygens (including phenoxy) is 2. The van der Waals surface area contributed by atoms with Crippen LogP contribution in [0.3, 0.4) is 0 Å². The lowest BCUT2D eigenvalue weighted by molar-refractivity contribution is 0.0293. The summed E-state index contributed by atoms with van der Waals surface area (Å²) in [6.45, 7) is 8.68. The number of likely N-dealkylation sites (tertiary alicyclic amines) is 1. The van der Waals surface area contributed by atoms with Crippen molar-refractivity contribution >= 4 is 28.0 Å². The van der Waals surface area contributed by atoms with Gasteiger partial charge in [0.1, 0.15) is 10.1 Å². The molecule has 1 unspecified atom stereocenters. The summed E-state index contributed by atoms with van der Waals surface area (Å²) in [4.78, 5) is 22.5. The zero-order chi connectivity index (χ0) is 17.2. The molecule has 1 aliphatic rings. The first kappa shape index (κ1) is 17.8. The van der Waals surface area contributed by atoms with Crippen LogP contribution in [0, 0.1) is 6.92 Å². The van der Waals surface area contributed by atoms with Crippen molar-refractivity contribution in [1.82, 2.24) is 14.9 Å². The van der Waals surface area contributed by atoms with Gasteiger partial charge in [-0.1, -0.05) is 0 Å². The molecule has 7 nitrogen and oxygen atoms in total. The van der Waals surface area contributed by atoms with Crippen molar-refractivity contribution in [3.05, 3.63) is 10.2 Å². The molecule has 1 aliphatic heterocycles. The highest BCUT2D eigenvalue weighted by Crippen LogP contribution is 2.27. The zero-order valence-electron chi connectivity index (χ0n) is 14.1. The van der Waals surface area contributed by atoms with Gasteiger partial charge < -0.3 is 19.7 Å². The quantitative estimate of drug-likeness (QED) is 0.860. The van der Waals surface area contributed by atoms with Gasteiger partial charge in [0.25, 0.3) is 0 Å². The Morgan fingerprint density at radius 2 is 2.09 bits per heavy atom. The van der Waals surface area contributed by atoms with Crippen molar-refractivity contribution in [2.45, 2.75) is 45.8 Å². The van der Waals surface area contributed by atoms with Gasteiger partial charge >= 0.3 is 6.09 Å². The Kier molecular flexibility index (Phi) is 5.33. The van der Waals surface area contributed by atoms with E-state index in [1.54, 1.807) is 12.0 Å². The van der Waals surface area contributed by atoms with E-state index in [-0.39, 0.29) is 12.1 Å². The molecular weight excluding hydrogens is 364 g/mol. The summed E-state index contributed by atoms with van der Waals surface area (Å²) in [6.07, 6.45) is 0.535. The minimum Gasteiger partial charge on any atom is -0.480 e. The van der Waals surface area contributed by atoms with Gasteiger partial charge in [0, 0.05) is 19.1 Å². The van der Waals surface area contributed by atoms with Crippen molar-refractivity contribution in [1.29, 1.82) is 0 Å². The standard InChI is InChI=1S/C15H23BrN4O3/c1-9-11(16)12(22-5)19-13(17-9)18-10-6-7-20(8-10)14(21)23-15(2,3)4/h10H,6-8H2,1-5H3,(H,17,18,19). The molecule has 0 aromatic carbocycles. The van der Waals surface area contributed by atoms with Gasteiger partial charge in [-0.25, -0.2) is 9.78 Å². The van der Waals surface area contributed by atoms with Gasteiger partial charge in [0.2, 0.25) is 11.8 Å². The molecule has 0 spiro atoms. The summed E-state index contributed by atoms with van der Waals surface area (Å²) >= 11 is 3.40. The van der Waals surface area contributed by atoms with Gasteiger partial charge in [-0.2, -0.15) is 4.98 Å². The summed E-state index contributed by atoms with van der Waals surface area (Å²) in [5.74, 6) is 0.987. The Bertz CT molecular complexity index is 589. The number of amides is 1. The summed E-state index contributed by atoms with van der Waals surface area (Å²) in [7, 11) is 1.57. The maximum absolute atomic E-state index is 12.1. The van der Waals surface area contributed by atoms with Crippen molar-refractivity contribution in [2.24, 2.45) is 0 Å². The van der Waals surface area contributed by atoms with Crippen molar-refractivity contribution in [2.75, 3.05) is 25.5 Å². The molecule has 1 saturated heterocycles. The Morgan fingerprint density at radius 1 is 1.39 bits per heavy atom. The second-order valence-corrected chi connectivity index (χ2v) is 7.31. The van der Waals surface area contributed by atoms with Gasteiger partial charge in [-0.05, 0) is 50.0 Å². The number of halogens is 1. The maximum atomic E-state index is 12.1. The first-order valence-electron chi connectivity index (χ1n) is 7.52. The lowest BCUT2D eigenvalue weighted by atomic mass is 10.2. The third-order valence-corrected chi connectivity index (χ3v) is 4.27. The van der Waals surface area contributed by atoms with E-state index in [0.717, 1.165) is 16.6 Å². The van der Waals surface area contributed by atoms with Crippen LogP contribution in [0.25, 0.3) is 0 Å². The number of anilines is 1. The molecule has 2 rings (SSSR count). The molecule has 1 N–H and O–H groups in total. The van der Waals surface area contributed by atoms with E-state index in [2.05, 4.69) is 31.2 Å². The first-order valence-corrected chi connectivity index (χ1v) is 8.31. The number of hydrogen-bond acceptors (Lipinski definition) is 6. The van der Waals surface area contributed by atoms with E-state index in [4.69, 9.17) is 9.47 Å². The molecule has 0 bridgehead atoms. The predicted octanol–water partition coefficient (Wildman–Crippen LogP) is 2.98. The number of nitrogens with zero attached hydrogens (tertiary/aromatic N) is 3. The maximum Gasteiger partial charge on any atom is 0.410 e. The summed E-state index contributed by atoms with van der Waals surface area (Å²) in [5.41, 5.74) is 0.309. The molecular formula is C15H23BrN4O3. The molecule has 8 heteroatoms. The van der Waals surface area contributed by atoms with Crippen LogP contribution in [0.1, 0.15) is 32.9 Å². The Morgan fingerprint density at radius 3 is 2.70 bits per heavy atom. The molecule has 1 aromatic rings. The average molecular weight is 387 g/mol. The van der Waals surface area contributed by atoms with Crippen LogP contribution in [0.15, 0.2) is 4.47 Å². The van der Waals surface area contributed by atoms with Crippen LogP contribution in [-0.4, -0.2) is 52.8 Å². The highest BCUT2D eigenvalue weighted by Gasteiger charge is 2.30. The van der Waals surface area contributed by atoms with Crippen LogP contribution >= 0.6 is 15.9 Å². The number of carbonyl (C=O) groups is 1. The van der Waals surface area contributed by atoms with Crippen LogP contribution in [0.2, 0.25) is 0 Å². The van der Waals surface area contributed by atoms with Gasteiger partial charge in [0.05, 0.1) is 12.8 Å². The third-order valence-electron chi connectivity index (χ3n) is 3.35. The molecule has 1 atom stereocenters. The van der Waals surface area contributed by atoms with Gasteiger partial charge in [0.15, 0.2) is 0 Å². The number of methoxy groups -OCH3 is 1. The topological polar surface area (TPSA) is 76.6 Å². The number of carbonyl (C=O) groups excluding carboxylic acids is 1. The minimum atomic E-state index is -0.484. The van der Waals surface area contributed by atoms with Crippen LogP contribution in [0.4, 0.5) is 10.7 Å². The number of aromatic nitrogens is 2. The van der Waals surface area contributed by atoms with E-state index < -0.39 is 5.60 Å². The van der Waals surface area contributed by atoms with E-state index >= 15 is 0 Å². The summed E-state index contributed by atoms with van der Waals surface area (Å²) < 4.78 is 11.4. The number of nitrogens with one attached hydrogen (secondary N) is 1. The zero-order valence-corrected chi connectivity index (χ0v) is 15.7. The smallest absolute Gasteiger partial charge is 0.410 e. The predicted molar refractivity (Wildman–Crippen MR) is 90.9 cm³/mol.